The van der Waals surface area contributed by atoms with Gasteiger partial charge in [0.05, 0.1) is 18.8 Å². The van der Waals surface area contributed by atoms with Crippen LogP contribution in [0.25, 0.3) is 44.9 Å². The second-order valence-electron chi connectivity index (χ2n) is 30.1. The molecule has 18 aromatic rings. The fraction of sp³-hybridized carbons (Fsp3) is 0. The monoisotopic (exact) mass is 2030 g/mol. The first-order valence-electron chi connectivity index (χ1n) is 41.0. The van der Waals surface area contributed by atoms with E-state index < -0.39 is 14.2 Å². The Hall–Kier alpha value is -14.1. The molecule has 4 N–H and O–H groups in total. The molecule has 0 unspecified atom stereocenters. The molecular formula is C102H64B5Br4F5O17. The maximum atomic E-state index is 14.6. The molecule has 652 valence electrons. The number of ether oxygens (including phenoxy) is 10. The van der Waals surface area contributed by atoms with Crippen molar-refractivity contribution < 1.29 is 103 Å². The van der Waals surface area contributed by atoms with Crippen molar-refractivity contribution in [1.82, 2.24) is 0 Å². The molecule has 0 saturated carbocycles. The van der Waals surface area contributed by atoms with E-state index in [0.717, 1.165) is 94.5 Å². The van der Waals surface area contributed by atoms with Gasteiger partial charge in [0.15, 0.2) is 0 Å². The lowest BCUT2D eigenvalue weighted by molar-refractivity contribution is 0.409. The summed E-state index contributed by atoms with van der Waals surface area (Å²) < 4.78 is 147. The minimum Gasteiger partial charge on any atom is -0.473 e. The van der Waals surface area contributed by atoms with Gasteiger partial charge in [0.2, 0.25) is 0 Å². The van der Waals surface area contributed by atoms with E-state index in [1.807, 2.05) is 194 Å². The fourth-order valence-electron chi connectivity index (χ4n) is 15.1. The van der Waals surface area contributed by atoms with E-state index in [4.69, 9.17) is 76.3 Å². The van der Waals surface area contributed by atoms with Gasteiger partial charge in [-0.15, -0.1) is 47.3 Å². The topological polar surface area (TPSA) is 213 Å². The second-order valence-corrected chi connectivity index (χ2v) is 37.4. The summed E-state index contributed by atoms with van der Waals surface area (Å²) in [5.74, 6) is 12.6. The zero-order valence-electron chi connectivity index (χ0n) is 69.0. The lowest BCUT2D eigenvalue weighted by atomic mass is 9.34. The number of furan rings is 3. The van der Waals surface area contributed by atoms with Gasteiger partial charge in [0.25, 0.3) is 13.4 Å². The minimum absolute atomic E-state index is 0.0908. The number of hydrogen-bond donors (Lipinski definition) is 4. The molecular weight excluding hydrogens is 1970 g/mol. The summed E-state index contributed by atoms with van der Waals surface area (Å²) in [5, 5.41) is 34.1. The van der Waals surface area contributed by atoms with Crippen LogP contribution in [-0.2, 0) is 0 Å². The van der Waals surface area contributed by atoms with Gasteiger partial charge >= 0.3 is 17.4 Å². The quantitative estimate of drug-likeness (QED) is 0.0464. The molecule has 22 rings (SSSR count). The molecule has 15 aromatic carbocycles. The van der Waals surface area contributed by atoms with Gasteiger partial charge in [0.1, 0.15) is 161 Å². The first kappa shape index (κ1) is 89.5. The van der Waals surface area contributed by atoms with Gasteiger partial charge in [-0.25, -0.2) is 22.0 Å². The molecule has 4 aliphatic heterocycles. The van der Waals surface area contributed by atoms with Crippen molar-refractivity contribution in [3.05, 3.63) is 398 Å². The fourth-order valence-corrected chi connectivity index (χ4v) is 15.4. The molecule has 0 radical (unpaired) electrons. The van der Waals surface area contributed by atoms with E-state index in [9.17, 15) is 22.0 Å². The lowest BCUT2D eigenvalue weighted by Gasteiger charge is -2.33. The summed E-state index contributed by atoms with van der Waals surface area (Å²) in [6.45, 7) is -0.536. The van der Waals surface area contributed by atoms with Crippen LogP contribution < -0.4 is 91.3 Å². The van der Waals surface area contributed by atoms with Crippen molar-refractivity contribution in [2.45, 2.75) is 0 Å². The van der Waals surface area contributed by atoms with Crippen LogP contribution in [0.4, 0.5) is 22.0 Å². The Morgan fingerprint density at radius 3 is 0.895 bits per heavy atom. The van der Waals surface area contributed by atoms with Gasteiger partial charge in [-0.2, -0.15) is 0 Å². The van der Waals surface area contributed by atoms with Crippen LogP contribution in [0.3, 0.4) is 0 Å². The summed E-state index contributed by atoms with van der Waals surface area (Å²) in [6.07, 6.45) is 4.50. The third kappa shape index (κ3) is 21.6. The number of benzene rings is 15. The van der Waals surface area contributed by atoms with Gasteiger partial charge in [-0.05, 0) is 300 Å². The van der Waals surface area contributed by atoms with Crippen molar-refractivity contribution >= 4 is 138 Å². The van der Waals surface area contributed by atoms with Crippen LogP contribution in [0, 0.1) is 29.1 Å². The SMILES string of the molecule is BrB(Br)Br.Fc1ccc(Oc2cccc(Oc3ccc(-c4coc(-c5ccc(Oc6cccc(Oc7ccc(F)cc7)c6)cc5)c4)cc3)c2)cc1.Fc1ccc(Oc2cccc(Oc3ccc(Br)cc3)c2)cc1.Fc1ccc2c(c1)B1c3cc(-c4coc(-c5ccc6c(c5)B5c7cc(F)ccc7Oc7cccc(c75)O6)c4)ccc3Oc3cccc(c31)O2.OB(O)c1coc(B(O)O)c1. The molecule has 133 heavy (non-hydrogen) atoms. The highest BCUT2D eigenvalue weighted by molar-refractivity contribution is 9.69. The molecule has 0 atom stereocenters. The van der Waals surface area contributed by atoms with E-state index in [2.05, 4.69) is 79.8 Å². The lowest BCUT2D eigenvalue weighted by Crippen LogP contribution is -2.57. The first-order valence-corrected chi connectivity index (χ1v) is 44.5. The van der Waals surface area contributed by atoms with Crippen LogP contribution in [-0.4, -0.2) is 50.9 Å². The van der Waals surface area contributed by atoms with Crippen LogP contribution in [0.1, 0.15) is 0 Å². The zero-order valence-corrected chi connectivity index (χ0v) is 75.4. The Kier molecular flexibility index (Phi) is 27.1. The van der Waals surface area contributed by atoms with Crippen molar-refractivity contribution in [3.63, 3.8) is 0 Å². The highest BCUT2D eigenvalue weighted by Crippen LogP contribution is 2.42. The molecule has 0 spiro atoms. The zero-order chi connectivity index (χ0) is 91.8. The smallest absolute Gasteiger partial charge is 0.473 e. The first-order chi connectivity index (χ1) is 64.6. The van der Waals surface area contributed by atoms with Crippen LogP contribution in [0.5, 0.6) is 115 Å². The molecule has 7 heterocycles. The molecule has 0 saturated heterocycles. The van der Waals surface area contributed by atoms with Crippen molar-refractivity contribution in [2.24, 2.45) is 0 Å². The standard InChI is InChI=1S/C40H20B2F2O5.C40H26F2O5.C18H12BrFO2.C4H6B2O5.BBr3/c43-24-9-13-32-28(18-24)41-26-15-21(7-11-30(26)46-34-3-1-5-36(48-32)39(34)41)23-17-38(45-20-23)22-8-12-31-27(16-22)42-29-19-25(44)10-14-33(29)49-37-6-2-4-35(47-31)40(37)42;41-30-11-19-34(20-12-30)46-38-5-1-3-36(24-38)44-32-15-7-27(8-16-32)29-23-40(43-26-29)28-9-17-33(18-10-28)45-37-4-2-6-39(25-37)47-35-21-13-31(42)14-22-35;19-13-4-8-15(9-5-13)21-17-2-1-3-18(12-17)22-16-10-6-14(20)7-11-16;7-5(8)3-1-4(6(9)10)11-2-3;2-1(3)4/h1-20H;1-26H;1-12H;1-2,7-10H;. The van der Waals surface area contributed by atoms with E-state index >= 15 is 0 Å². The number of fused-ring (bicyclic) bond motifs is 8. The average Bonchev–Trinajstić information content (AvgIpc) is 1.21. The molecule has 17 nitrogen and oxygen atoms in total. The third-order valence-electron chi connectivity index (χ3n) is 21.1. The Labute approximate surface area is 792 Å². The summed E-state index contributed by atoms with van der Waals surface area (Å²) in [4.78, 5) is 0. The van der Waals surface area contributed by atoms with Crippen molar-refractivity contribution in [3.8, 4) is 160 Å². The normalized spacial score (nSPS) is 11.6. The van der Waals surface area contributed by atoms with E-state index in [1.54, 1.807) is 97.5 Å². The molecule has 0 fully saturated rings. The van der Waals surface area contributed by atoms with Crippen molar-refractivity contribution in [1.29, 1.82) is 0 Å². The molecule has 0 aliphatic carbocycles. The number of halogens is 9. The summed E-state index contributed by atoms with van der Waals surface area (Å²) in [6, 6.07) is 100. The van der Waals surface area contributed by atoms with E-state index in [-0.39, 0.29) is 56.8 Å². The molecule has 3 aromatic heterocycles. The second kappa shape index (κ2) is 40.3. The average molecular weight is 2030 g/mol. The third-order valence-corrected chi connectivity index (χ3v) is 21.7. The molecule has 4 aliphatic rings. The van der Waals surface area contributed by atoms with Crippen LogP contribution in [0.15, 0.2) is 382 Å². The highest BCUT2D eigenvalue weighted by Gasteiger charge is 2.43. The van der Waals surface area contributed by atoms with Crippen LogP contribution in [0.2, 0.25) is 0 Å². The summed E-state index contributed by atoms with van der Waals surface area (Å²) >= 11 is 12.7. The van der Waals surface area contributed by atoms with E-state index in [0.29, 0.717) is 115 Å². The highest BCUT2D eigenvalue weighted by atomic mass is 79.9. The summed E-state index contributed by atoms with van der Waals surface area (Å²) in [7, 11) is -3.37. The predicted octanol–water partition coefficient (Wildman–Crippen LogP) is 23.4. The Balaban J connectivity index is 0.000000130. The summed E-state index contributed by atoms with van der Waals surface area (Å²) in [5.41, 5.74) is 10.5. The van der Waals surface area contributed by atoms with Gasteiger partial charge in [-0.3, -0.25) is 0 Å². The predicted molar refractivity (Wildman–Crippen MR) is 518 cm³/mol. The van der Waals surface area contributed by atoms with Crippen molar-refractivity contribution in [2.75, 3.05) is 0 Å². The van der Waals surface area contributed by atoms with Crippen LogP contribution >= 0.6 is 63.2 Å². The van der Waals surface area contributed by atoms with Gasteiger partial charge < -0.3 is 80.7 Å². The Bertz CT molecular complexity index is 6770. The molecule has 0 bridgehead atoms. The maximum Gasteiger partial charge on any atom is 0.526 e. The van der Waals surface area contributed by atoms with Gasteiger partial charge in [-0.1, -0.05) is 76.6 Å². The maximum absolute atomic E-state index is 14.6. The van der Waals surface area contributed by atoms with Gasteiger partial charge in [0, 0.05) is 61.3 Å². The number of rotatable bonds is 18. The Morgan fingerprint density at radius 2 is 0.541 bits per heavy atom. The molecule has 31 heteroatoms. The number of hydrogen-bond acceptors (Lipinski definition) is 17. The Morgan fingerprint density at radius 1 is 0.248 bits per heavy atom. The largest absolute Gasteiger partial charge is 0.526 e. The van der Waals surface area contributed by atoms with E-state index in [1.165, 1.54) is 48.5 Å². The minimum atomic E-state index is -1.72. The molecule has 0 amide bonds.